The molecule has 0 aliphatic heterocycles. The molecule has 1 rings (SSSR count). The van der Waals surface area contributed by atoms with Gasteiger partial charge < -0.3 is 10.4 Å². The maximum Gasteiger partial charge on any atom is 0.328 e. The van der Waals surface area contributed by atoms with E-state index >= 15 is 0 Å². The molecule has 0 saturated heterocycles. The molecule has 0 spiro atoms. The summed E-state index contributed by atoms with van der Waals surface area (Å²) in [5.41, 5.74) is 0.678. The molecule has 0 aromatic carbocycles. The van der Waals surface area contributed by atoms with Gasteiger partial charge in [-0.1, -0.05) is 6.07 Å². The zero-order valence-electron chi connectivity index (χ0n) is 8.10. The van der Waals surface area contributed by atoms with E-state index in [2.05, 4.69) is 10.3 Å². The van der Waals surface area contributed by atoms with Crippen LogP contribution < -0.4 is 5.32 Å². The van der Waals surface area contributed by atoms with Crippen molar-refractivity contribution in [3.63, 3.8) is 0 Å². The summed E-state index contributed by atoms with van der Waals surface area (Å²) >= 11 is 0. The molecule has 1 heterocycles. The summed E-state index contributed by atoms with van der Waals surface area (Å²) in [6.45, 7) is 0. The molecule has 0 aliphatic carbocycles. The van der Waals surface area contributed by atoms with Crippen LogP contribution in [-0.2, 0) is 4.79 Å². The van der Waals surface area contributed by atoms with Crippen LogP contribution in [0.2, 0.25) is 0 Å². The van der Waals surface area contributed by atoms with Crippen LogP contribution in [0.25, 0.3) is 6.08 Å². The third kappa shape index (κ3) is 2.91. The monoisotopic (exact) mass is 206 g/mol. The zero-order valence-corrected chi connectivity index (χ0v) is 8.10. The Bertz CT molecular complexity index is 413. The van der Waals surface area contributed by atoms with E-state index in [1.807, 2.05) is 0 Å². The maximum atomic E-state index is 11.3. The molecule has 2 N–H and O–H groups in total. The molecule has 0 aliphatic rings. The number of nitrogens with one attached hydrogen (secondary N) is 1. The van der Waals surface area contributed by atoms with Gasteiger partial charge in [0, 0.05) is 24.9 Å². The lowest BCUT2D eigenvalue weighted by atomic mass is 10.1. The highest BCUT2D eigenvalue weighted by atomic mass is 16.4. The largest absolute Gasteiger partial charge is 0.478 e. The molecule has 0 atom stereocenters. The Morgan fingerprint density at radius 1 is 1.53 bits per heavy atom. The number of carbonyl (C=O) groups is 2. The van der Waals surface area contributed by atoms with Gasteiger partial charge in [0.1, 0.15) is 5.69 Å². The number of carbonyl (C=O) groups excluding carboxylic acids is 1. The summed E-state index contributed by atoms with van der Waals surface area (Å²) in [5, 5.41) is 10.9. The summed E-state index contributed by atoms with van der Waals surface area (Å²) in [6.07, 6.45) is 3.77. The van der Waals surface area contributed by atoms with E-state index in [-0.39, 0.29) is 11.6 Å². The number of carboxylic acids is 1. The molecule has 5 heteroatoms. The Kier molecular flexibility index (Phi) is 3.56. The van der Waals surface area contributed by atoms with Gasteiger partial charge in [0.15, 0.2) is 0 Å². The molecule has 0 radical (unpaired) electrons. The smallest absolute Gasteiger partial charge is 0.328 e. The quantitative estimate of drug-likeness (QED) is 0.707. The van der Waals surface area contributed by atoms with Gasteiger partial charge in [0.05, 0.1) is 0 Å². The SMILES string of the molecule is CNC(=O)c1ncccc1/C=C/C(=O)O. The van der Waals surface area contributed by atoms with E-state index < -0.39 is 5.97 Å². The van der Waals surface area contributed by atoms with Crippen molar-refractivity contribution in [1.82, 2.24) is 10.3 Å². The Labute approximate surface area is 86.5 Å². The first-order chi connectivity index (χ1) is 7.15. The van der Waals surface area contributed by atoms with Gasteiger partial charge >= 0.3 is 5.97 Å². The minimum Gasteiger partial charge on any atom is -0.478 e. The number of rotatable bonds is 3. The fraction of sp³-hybridized carbons (Fsp3) is 0.100. The fourth-order valence-corrected chi connectivity index (χ4v) is 1.02. The summed E-state index contributed by atoms with van der Waals surface area (Å²) in [4.78, 5) is 25.5. The van der Waals surface area contributed by atoms with E-state index in [4.69, 9.17) is 5.11 Å². The van der Waals surface area contributed by atoms with Crippen molar-refractivity contribution in [2.75, 3.05) is 7.05 Å². The van der Waals surface area contributed by atoms with Crippen molar-refractivity contribution >= 4 is 18.0 Å². The average molecular weight is 206 g/mol. The van der Waals surface area contributed by atoms with E-state index in [0.717, 1.165) is 6.08 Å². The minimum absolute atomic E-state index is 0.206. The van der Waals surface area contributed by atoms with Gasteiger partial charge in [-0.15, -0.1) is 0 Å². The normalized spacial score (nSPS) is 10.2. The number of amides is 1. The first-order valence-corrected chi connectivity index (χ1v) is 4.23. The Hall–Kier alpha value is -2.17. The molecule has 0 unspecified atom stereocenters. The number of pyridine rings is 1. The van der Waals surface area contributed by atoms with Crippen molar-refractivity contribution in [1.29, 1.82) is 0 Å². The Morgan fingerprint density at radius 3 is 2.87 bits per heavy atom. The second-order valence-corrected chi connectivity index (χ2v) is 2.69. The van der Waals surface area contributed by atoms with Crippen LogP contribution >= 0.6 is 0 Å². The van der Waals surface area contributed by atoms with Crippen molar-refractivity contribution in [2.45, 2.75) is 0 Å². The van der Waals surface area contributed by atoms with Gasteiger partial charge in [-0.3, -0.25) is 9.78 Å². The van der Waals surface area contributed by atoms with Gasteiger partial charge in [-0.2, -0.15) is 0 Å². The first-order valence-electron chi connectivity index (χ1n) is 4.23. The van der Waals surface area contributed by atoms with E-state index in [9.17, 15) is 9.59 Å². The lowest BCUT2D eigenvalue weighted by Crippen LogP contribution is -2.20. The number of hydrogen-bond donors (Lipinski definition) is 2. The van der Waals surface area contributed by atoms with Crippen LogP contribution in [0.1, 0.15) is 16.1 Å². The molecular weight excluding hydrogens is 196 g/mol. The summed E-state index contributed by atoms with van der Waals surface area (Å²) in [7, 11) is 1.49. The highest BCUT2D eigenvalue weighted by molar-refractivity contribution is 5.97. The Balaban J connectivity index is 3.06. The lowest BCUT2D eigenvalue weighted by molar-refractivity contribution is -0.131. The molecule has 5 nitrogen and oxygen atoms in total. The molecule has 78 valence electrons. The molecule has 1 aromatic rings. The first kappa shape index (κ1) is 10.9. The summed E-state index contributed by atoms with van der Waals surface area (Å²) in [6, 6.07) is 3.25. The average Bonchev–Trinajstić information content (AvgIpc) is 2.25. The molecule has 15 heavy (non-hydrogen) atoms. The van der Waals surface area contributed by atoms with E-state index in [1.54, 1.807) is 12.1 Å². The molecule has 0 saturated carbocycles. The van der Waals surface area contributed by atoms with Crippen molar-refractivity contribution in [3.8, 4) is 0 Å². The van der Waals surface area contributed by atoms with Gasteiger partial charge in [0.25, 0.3) is 5.91 Å². The number of hydrogen-bond acceptors (Lipinski definition) is 3. The minimum atomic E-state index is -1.07. The van der Waals surface area contributed by atoms with Gasteiger partial charge in [0.2, 0.25) is 0 Å². The van der Waals surface area contributed by atoms with E-state index in [0.29, 0.717) is 5.56 Å². The number of nitrogens with zero attached hydrogens (tertiary/aromatic N) is 1. The molecule has 0 bridgehead atoms. The Morgan fingerprint density at radius 2 is 2.27 bits per heavy atom. The number of aliphatic carboxylic acids is 1. The van der Waals surface area contributed by atoms with Crippen LogP contribution in [0.15, 0.2) is 24.4 Å². The lowest BCUT2D eigenvalue weighted by Gasteiger charge is -2.01. The number of aromatic nitrogens is 1. The molecule has 1 amide bonds. The molecule has 0 fully saturated rings. The second-order valence-electron chi connectivity index (χ2n) is 2.69. The maximum absolute atomic E-state index is 11.3. The van der Waals surface area contributed by atoms with Crippen LogP contribution in [0, 0.1) is 0 Å². The fourth-order valence-electron chi connectivity index (χ4n) is 1.02. The third-order valence-electron chi connectivity index (χ3n) is 1.69. The summed E-state index contributed by atoms with van der Waals surface area (Å²) < 4.78 is 0. The topological polar surface area (TPSA) is 79.3 Å². The van der Waals surface area contributed by atoms with Gasteiger partial charge in [-0.25, -0.2) is 4.79 Å². The summed E-state index contributed by atoms with van der Waals surface area (Å²) in [5.74, 6) is -1.41. The predicted molar refractivity (Wildman–Crippen MR) is 54.3 cm³/mol. The van der Waals surface area contributed by atoms with Crippen molar-refractivity contribution in [3.05, 3.63) is 35.7 Å². The predicted octanol–water partition coefficient (Wildman–Crippen LogP) is 0.539. The second kappa shape index (κ2) is 4.90. The van der Waals surface area contributed by atoms with Crippen LogP contribution in [0.5, 0.6) is 0 Å². The van der Waals surface area contributed by atoms with Crippen molar-refractivity contribution < 1.29 is 14.7 Å². The zero-order chi connectivity index (χ0) is 11.3. The van der Waals surface area contributed by atoms with Crippen LogP contribution in [-0.4, -0.2) is 29.0 Å². The van der Waals surface area contributed by atoms with Crippen molar-refractivity contribution in [2.24, 2.45) is 0 Å². The number of carboxylic acid groups (broad SMARTS) is 1. The molecule has 1 aromatic heterocycles. The third-order valence-corrected chi connectivity index (χ3v) is 1.69. The van der Waals surface area contributed by atoms with Crippen LogP contribution in [0.4, 0.5) is 0 Å². The highest BCUT2D eigenvalue weighted by Gasteiger charge is 2.08. The molecular formula is C10H10N2O3. The van der Waals surface area contributed by atoms with E-state index in [1.165, 1.54) is 19.3 Å². The van der Waals surface area contributed by atoms with Gasteiger partial charge in [-0.05, 0) is 12.1 Å². The highest BCUT2D eigenvalue weighted by Crippen LogP contribution is 2.07. The standard InChI is InChI=1S/C10H10N2O3/c1-11-10(15)9-7(3-2-6-12-9)4-5-8(13)14/h2-6H,1H3,(H,11,15)(H,13,14)/b5-4+. The van der Waals surface area contributed by atoms with Crippen LogP contribution in [0.3, 0.4) is 0 Å².